The Hall–Kier alpha value is -1.54. The molecule has 1 rings (SSSR count). The van der Waals surface area contributed by atoms with Crippen LogP contribution in [-0.2, 0) is 14.8 Å². The van der Waals surface area contributed by atoms with Gasteiger partial charge in [-0.3, -0.25) is 4.79 Å². The Bertz CT molecular complexity index is 603. The van der Waals surface area contributed by atoms with E-state index in [-0.39, 0.29) is 0 Å². The van der Waals surface area contributed by atoms with Crippen LogP contribution in [0.15, 0.2) is 23.1 Å². The van der Waals surface area contributed by atoms with E-state index in [4.69, 9.17) is 5.11 Å². The molecule has 0 aromatic heterocycles. The van der Waals surface area contributed by atoms with Gasteiger partial charge in [-0.05, 0) is 18.1 Å². The van der Waals surface area contributed by atoms with Gasteiger partial charge in [0, 0.05) is 6.07 Å². The minimum absolute atomic E-state index is 0.422. The van der Waals surface area contributed by atoms with Crippen LogP contribution in [0.1, 0.15) is 20.3 Å². The maximum absolute atomic E-state index is 13.5. The fraction of sp³-hybridized carbons (Fsp3) is 0.417. The van der Waals surface area contributed by atoms with Gasteiger partial charge in [-0.1, -0.05) is 20.3 Å². The van der Waals surface area contributed by atoms with Crippen molar-refractivity contribution in [2.24, 2.45) is 5.92 Å². The predicted molar refractivity (Wildman–Crippen MR) is 67.6 cm³/mol. The van der Waals surface area contributed by atoms with E-state index in [1.54, 1.807) is 13.8 Å². The molecule has 112 valence electrons. The van der Waals surface area contributed by atoms with Crippen LogP contribution < -0.4 is 4.72 Å². The van der Waals surface area contributed by atoms with E-state index in [0.29, 0.717) is 12.5 Å². The van der Waals surface area contributed by atoms with Crippen molar-refractivity contribution in [2.45, 2.75) is 31.2 Å². The van der Waals surface area contributed by atoms with Crippen LogP contribution in [0.25, 0.3) is 0 Å². The van der Waals surface area contributed by atoms with Crippen LogP contribution in [0.4, 0.5) is 8.78 Å². The Morgan fingerprint density at radius 2 is 2.00 bits per heavy atom. The van der Waals surface area contributed by atoms with Crippen LogP contribution in [0.3, 0.4) is 0 Å². The van der Waals surface area contributed by atoms with Crippen molar-refractivity contribution in [3.8, 4) is 0 Å². The van der Waals surface area contributed by atoms with Gasteiger partial charge in [-0.2, -0.15) is 4.72 Å². The zero-order valence-electron chi connectivity index (χ0n) is 10.9. The third-order valence-corrected chi connectivity index (χ3v) is 4.42. The van der Waals surface area contributed by atoms with E-state index < -0.39 is 44.5 Å². The zero-order valence-corrected chi connectivity index (χ0v) is 11.7. The number of carboxylic acid groups (broad SMARTS) is 1. The Labute approximate surface area is 115 Å². The topological polar surface area (TPSA) is 83.5 Å². The van der Waals surface area contributed by atoms with Gasteiger partial charge >= 0.3 is 5.97 Å². The minimum Gasteiger partial charge on any atom is -0.480 e. The number of hydrogen-bond acceptors (Lipinski definition) is 3. The van der Waals surface area contributed by atoms with E-state index >= 15 is 0 Å². The lowest BCUT2D eigenvalue weighted by molar-refractivity contribution is -0.140. The van der Waals surface area contributed by atoms with E-state index in [2.05, 4.69) is 0 Å². The largest absolute Gasteiger partial charge is 0.480 e. The van der Waals surface area contributed by atoms with Gasteiger partial charge in [-0.15, -0.1) is 0 Å². The fourth-order valence-corrected chi connectivity index (χ4v) is 2.93. The van der Waals surface area contributed by atoms with Crippen LogP contribution >= 0.6 is 0 Å². The summed E-state index contributed by atoms with van der Waals surface area (Å²) in [7, 11) is -4.38. The van der Waals surface area contributed by atoms with Crippen molar-refractivity contribution in [3.63, 3.8) is 0 Å². The molecule has 1 unspecified atom stereocenters. The molecule has 0 aliphatic carbocycles. The highest BCUT2D eigenvalue weighted by Crippen LogP contribution is 2.18. The Kier molecular flexibility index (Phi) is 5.18. The highest BCUT2D eigenvalue weighted by Gasteiger charge is 2.30. The summed E-state index contributed by atoms with van der Waals surface area (Å²) >= 11 is 0. The van der Waals surface area contributed by atoms with E-state index in [1.165, 1.54) is 0 Å². The molecule has 0 amide bonds. The van der Waals surface area contributed by atoms with Crippen molar-refractivity contribution in [1.82, 2.24) is 4.72 Å². The fourth-order valence-electron chi connectivity index (χ4n) is 1.57. The maximum atomic E-state index is 13.5. The molecular formula is C12H15F2NO4S. The Morgan fingerprint density at radius 1 is 1.40 bits per heavy atom. The highest BCUT2D eigenvalue weighted by atomic mass is 32.2. The molecule has 0 spiro atoms. The van der Waals surface area contributed by atoms with Gasteiger partial charge in [0.2, 0.25) is 10.0 Å². The van der Waals surface area contributed by atoms with Gasteiger partial charge < -0.3 is 5.11 Å². The molecule has 0 radical (unpaired) electrons. The lowest BCUT2D eigenvalue weighted by Gasteiger charge is -2.20. The highest BCUT2D eigenvalue weighted by molar-refractivity contribution is 7.89. The number of benzene rings is 1. The van der Waals surface area contributed by atoms with Crippen molar-refractivity contribution in [3.05, 3.63) is 29.8 Å². The lowest BCUT2D eigenvalue weighted by Crippen LogP contribution is -2.45. The molecular weight excluding hydrogens is 292 g/mol. The first-order valence-corrected chi connectivity index (χ1v) is 7.37. The monoisotopic (exact) mass is 307 g/mol. The summed E-state index contributed by atoms with van der Waals surface area (Å²) in [6.07, 6.45) is 0.422. The first-order chi connectivity index (χ1) is 9.19. The number of carbonyl (C=O) groups is 1. The number of halogens is 2. The molecule has 0 fully saturated rings. The van der Waals surface area contributed by atoms with E-state index in [9.17, 15) is 22.0 Å². The number of sulfonamides is 1. The number of nitrogens with one attached hydrogen (secondary N) is 1. The normalized spacial score (nSPS) is 14.8. The summed E-state index contributed by atoms with van der Waals surface area (Å²) in [6.45, 7) is 3.26. The minimum atomic E-state index is -4.38. The summed E-state index contributed by atoms with van der Waals surface area (Å²) in [5.41, 5.74) is 0. The van der Waals surface area contributed by atoms with Crippen LogP contribution in [0.2, 0.25) is 0 Å². The smallest absolute Gasteiger partial charge is 0.322 e. The molecule has 2 N–H and O–H groups in total. The van der Waals surface area contributed by atoms with Crippen molar-refractivity contribution >= 4 is 16.0 Å². The number of carboxylic acids is 1. The van der Waals surface area contributed by atoms with Crippen molar-refractivity contribution in [2.75, 3.05) is 0 Å². The zero-order chi connectivity index (χ0) is 15.5. The molecule has 8 heteroatoms. The number of rotatable bonds is 6. The molecule has 1 aromatic rings. The van der Waals surface area contributed by atoms with Crippen LogP contribution in [-0.4, -0.2) is 25.5 Å². The van der Waals surface area contributed by atoms with Gasteiger partial charge in [0.25, 0.3) is 0 Å². The number of hydrogen-bond donors (Lipinski definition) is 2. The molecule has 0 saturated carbocycles. The average Bonchev–Trinajstić information content (AvgIpc) is 2.34. The Balaban J connectivity index is 3.13. The quantitative estimate of drug-likeness (QED) is 0.838. The maximum Gasteiger partial charge on any atom is 0.322 e. The van der Waals surface area contributed by atoms with Crippen molar-refractivity contribution in [1.29, 1.82) is 0 Å². The summed E-state index contributed by atoms with van der Waals surface area (Å²) in [4.78, 5) is 10.3. The molecule has 2 atom stereocenters. The van der Waals surface area contributed by atoms with E-state index in [0.717, 1.165) is 12.1 Å². The lowest BCUT2D eigenvalue weighted by atomic mass is 10.0. The third kappa shape index (κ3) is 3.73. The van der Waals surface area contributed by atoms with E-state index in [1.807, 2.05) is 4.72 Å². The second-order valence-corrected chi connectivity index (χ2v) is 6.08. The molecule has 0 saturated heterocycles. The average molecular weight is 307 g/mol. The van der Waals surface area contributed by atoms with Crippen molar-refractivity contribution < 1.29 is 27.1 Å². The SMILES string of the molecule is CCC(C)[C@H](NS(=O)(=O)c1ccc(F)cc1F)C(=O)O. The molecule has 5 nitrogen and oxygen atoms in total. The first kappa shape index (κ1) is 16.5. The van der Waals surface area contributed by atoms with Gasteiger partial charge in [0.15, 0.2) is 0 Å². The predicted octanol–water partition coefficient (Wildman–Crippen LogP) is 1.74. The molecule has 0 aliphatic heterocycles. The summed E-state index contributed by atoms with van der Waals surface area (Å²) in [5, 5.41) is 9.02. The first-order valence-electron chi connectivity index (χ1n) is 5.89. The second-order valence-electron chi connectivity index (χ2n) is 4.40. The van der Waals surface area contributed by atoms with Gasteiger partial charge in [0.05, 0.1) is 0 Å². The van der Waals surface area contributed by atoms with Crippen LogP contribution in [0, 0.1) is 17.6 Å². The molecule has 0 heterocycles. The third-order valence-electron chi connectivity index (χ3n) is 2.94. The van der Waals surface area contributed by atoms with Gasteiger partial charge in [-0.25, -0.2) is 17.2 Å². The second kappa shape index (κ2) is 6.27. The molecule has 1 aromatic carbocycles. The summed E-state index contributed by atoms with van der Waals surface area (Å²) in [5.74, 6) is -4.03. The molecule has 0 aliphatic rings. The summed E-state index contributed by atoms with van der Waals surface area (Å²) < 4.78 is 52.1. The molecule has 0 bridgehead atoms. The Morgan fingerprint density at radius 3 is 2.45 bits per heavy atom. The van der Waals surface area contributed by atoms with Crippen LogP contribution in [0.5, 0.6) is 0 Å². The number of aliphatic carboxylic acids is 1. The summed E-state index contributed by atoms with van der Waals surface area (Å²) in [6, 6.07) is 0.585. The van der Waals surface area contributed by atoms with Gasteiger partial charge in [0.1, 0.15) is 22.6 Å². The standard InChI is InChI=1S/C12H15F2NO4S/c1-3-7(2)11(12(16)17)15-20(18,19)10-5-4-8(13)6-9(10)14/h4-7,11,15H,3H2,1-2H3,(H,16,17)/t7?,11-/m0/s1. The molecule has 20 heavy (non-hydrogen) atoms.